The molecule has 3 saturated heterocycles. The van der Waals surface area contributed by atoms with Gasteiger partial charge in [-0.3, -0.25) is 14.8 Å². The number of fused-ring (bicyclic) bond motifs is 3. The lowest BCUT2D eigenvalue weighted by Gasteiger charge is -2.47. The van der Waals surface area contributed by atoms with E-state index in [1.807, 2.05) is 7.05 Å². The molecule has 6 heteroatoms. The van der Waals surface area contributed by atoms with Crippen molar-refractivity contribution in [1.82, 2.24) is 20.4 Å². The molecule has 3 aliphatic heterocycles. The average molecular weight is 269 g/mol. The third-order valence-corrected chi connectivity index (χ3v) is 3.94. The first-order chi connectivity index (χ1) is 9.33. The van der Waals surface area contributed by atoms with Gasteiger partial charge in [0.25, 0.3) is 0 Å². The van der Waals surface area contributed by atoms with Gasteiger partial charge in [0.05, 0.1) is 0 Å². The molecule has 0 aliphatic carbocycles. The van der Waals surface area contributed by atoms with Crippen molar-refractivity contribution in [3.8, 4) is 0 Å². The Morgan fingerprint density at radius 2 is 2.05 bits per heavy atom. The zero-order valence-corrected chi connectivity index (χ0v) is 12.2. The second kappa shape index (κ2) is 7.67. The third-order valence-electron chi connectivity index (χ3n) is 3.94. The maximum atomic E-state index is 5.03. The Hall–Kier alpha value is -0.850. The fourth-order valence-electron chi connectivity index (χ4n) is 2.78. The van der Waals surface area contributed by atoms with Crippen LogP contribution in [0.5, 0.6) is 0 Å². The minimum Gasteiger partial charge on any atom is -0.385 e. The number of guanidine groups is 1. The van der Waals surface area contributed by atoms with Gasteiger partial charge in [-0.1, -0.05) is 0 Å². The van der Waals surface area contributed by atoms with Gasteiger partial charge in [0, 0.05) is 72.6 Å². The molecule has 2 bridgehead atoms. The maximum Gasteiger partial charge on any atom is 0.191 e. The van der Waals surface area contributed by atoms with E-state index in [4.69, 9.17) is 4.74 Å². The number of hydrogen-bond donors (Lipinski definition) is 2. The van der Waals surface area contributed by atoms with E-state index in [0.29, 0.717) is 6.04 Å². The number of nitrogens with zero attached hydrogens (tertiary/aromatic N) is 3. The van der Waals surface area contributed by atoms with Gasteiger partial charge in [0.1, 0.15) is 0 Å². The summed E-state index contributed by atoms with van der Waals surface area (Å²) >= 11 is 0. The average Bonchev–Trinajstić information content (AvgIpc) is 2.48. The van der Waals surface area contributed by atoms with E-state index in [-0.39, 0.29) is 0 Å². The monoisotopic (exact) mass is 269 g/mol. The highest BCUT2D eigenvalue weighted by atomic mass is 16.5. The molecule has 1 unspecified atom stereocenters. The summed E-state index contributed by atoms with van der Waals surface area (Å²) in [6, 6.07) is 0.625. The first-order valence-electron chi connectivity index (χ1n) is 7.23. The summed E-state index contributed by atoms with van der Waals surface area (Å²) in [5.41, 5.74) is 0. The SMILES string of the molecule is CN=C(NCCCOC)NCC1CN2CCN1CC2. The van der Waals surface area contributed by atoms with E-state index in [1.165, 1.54) is 32.7 Å². The van der Waals surface area contributed by atoms with Crippen LogP contribution in [-0.2, 0) is 4.74 Å². The Balaban J connectivity index is 1.65. The smallest absolute Gasteiger partial charge is 0.191 e. The maximum absolute atomic E-state index is 5.03. The van der Waals surface area contributed by atoms with Gasteiger partial charge in [-0.25, -0.2) is 0 Å². The molecule has 19 heavy (non-hydrogen) atoms. The van der Waals surface area contributed by atoms with Gasteiger partial charge in [0.15, 0.2) is 5.96 Å². The van der Waals surface area contributed by atoms with E-state index in [0.717, 1.165) is 32.1 Å². The third kappa shape index (κ3) is 4.33. The molecule has 0 radical (unpaired) electrons. The van der Waals surface area contributed by atoms with Crippen molar-refractivity contribution in [2.45, 2.75) is 12.5 Å². The summed E-state index contributed by atoms with van der Waals surface area (Å²) < 4.78 is 5.03. The number of nitrogens with one attached hydrogen (secondary N) is 2. The minimum atomic E-state index is 0.625. The molecule has 0 aromatic rings. The van der Waals surface area contributed by atoms with Crippen LogP contribution in [-0.4, -0.2) is 88.4 Å². The second-order valence-corrected chi connectivity index (χ2v) is 5.22. The van der Waals surface area contributed by atoms with Gasteiger partial charge in [-0.05, 0) is 6.42 Å². The molecule has 1 atom stereocenters. The molecule has 3 rings (SSSR count). The molecule has 0 saturated carbocycles. The van der Waals surface area contributed by atoms with Gasteiger partial charge >= 0.3 is 0 Å². The lowest BCUT2D eigenvalue weighted by atomic mass is 10.1. The standard InChI is InChI=1S/C13H27N5O/c1-14-13(15-4-3-9-19-2)16-10-12-11-17-5-7-18(12)8-6-17/h12H,3-11H2,1-2H3,(H2,14,15,16). The molecule has 3 heterocycles. The highest BCUT2D eigenvalue weighted by Crippen LogP contribution is 2.14. The molecular formula is C13H27N5O. The quantitative estimate of drug-likeness (QED) is 0.375. The van der Waals surface area contributed by atoms with E-state index < -0.39 is 0 Å². The molecule has 6 nitrogen and oxygen atoms in total. The molecule has 0 aromatic carbocycles. The lowest BCUT2D eigenvalue weighted by Crippen LogP contribution is -2.63. The molecule has 0 amide bonds. The molecular weight excluding hydrogens is 242 g/mol. The van der Waals surface area contributed by atoms with E-state index in [1.54, 1.807) is 7.11 Å². The van der Waals surface area contributed by atoms with Crippen molar-refractivity contribution in [3.05, 3.63) is 0 Å². The number of piperazine rings is 3. The molecule has 3 aliphatic rings. The van der Waals surface area contributed by atoms with Crippen molar-refractivity contribution in [2.75, 3.05) is 66.6 Å². The Kier molecular flexibility index (Phi) is 5.88. The fraction of sp³-hybridized carbons (Fsp3) is 0.923. The van der Waals surface area contributed by atoms with Crippen LogP contribution >= 0.6 is 0 Å². The number of ether oxygens (including phenoxy) is 1. The van der Waals surface area contributed by atoms with Gasteiger partial charge in [-0.2, -0.15) is 0 Å². The van der Waals surface area contributed by atoms with E-state index in [2.05, 4.69) is 25.4 Å². The number of hydrogen-bond acceptors (Lipinski definition) is 4. The topological polar surface area (TPSA) is 52.1 Å². The van der Waals surface area contributed by atoms with Crippen LogP contribution in [0, 0.1) is 0 Å². The van der Waals surface area contributed by atoms with Crippen LogP contribution in [0.1, 0.15) is 6.42 Å². The van der Waals surface area contributed by atoms with Crippen LogP contribution in [0.4, 0.5) is 0 Å². The molecule has 3 fully saturated rings. The normalized spacial score (nSPS) is 30.4. The minimum absolute atomic E-state index is 0.625. The van der Waals surface area contributed by atoms with Crippen LogP contribution in [0.25, 0.3) is 0 Å². The summed E-state index contributed by atoms with van der Waals surface area (Å²) in [5.74, 6) is 0.897. The van der Waals surface area contributed by atoms with Crippen molar-refractivity contribution in [1.29, 1.82) is 0 Å². The Morgan fingerprint density at radius 1 is 1.26 bits per heavy atom. The van der Waals surface area contributed by atoms with Crippen molar-refractivity contribution in [2.24, 2.45) is 4.99 Å². The van der Waals surface area contributed by atoms with Crippen LogP contribution in [0.3, 0.4) is 0 Å². The predicted molar refractivity (Wildman–Crippen MR) is 77.7 cm³/mol. The molecule has 110 valence electrons. The van der Waals surface area contributed by atoms with Gasteiger partial charge in [0.2, 0.25) is 0 Å². The highest BCUT2D eigenvalue weighted by Gasteiger charge is 2.31. The Bertz CT molecular complexity index is 289. The highest BCUT2D eigenvalue weighted by molar-refractivity contribution is 5.79. The number of methoxy groups -OCH3 is 1. The summed E-state index contributed by atoms with van der Waals surface area (Å²) in [6.45, 7) is 8.75. The molecule has 2 N–H and O–H groups in total. The van der Waals surface area contributed by atoms with E-state index in [9.17, 15) is 0 Å². The number of aliphatic imine (C=N–C) groups is 1. The van der Waals surface area contributed by atoms with Crippen LogP contribution in [0.2, 0.25) is 0 Å². The Labute approximate surface area is 116 Å². The van der Waals surface area contributed by atoms with Gasteiger partial charge < -0.3 is 15.4 Å². The van der Waals surface area contributed by atoms with Crippen LogP contribution < -0.4 is 10.6 Å². The zero-order valence-electron chi connectivity index (χ0n) is 12.2. The Morgan fingerprint density at radius 3 is 2.63 bits per heavy atom. The van der Waals surface area contributed by atoms with Crippen LogP contribution in [0.15, 0.2) is 4.99 Å². The predicted octanol–water partition coefficient (Wildman–Crippen LogP) is -0.812. The zero-order chi connectivity index (χ0) is 13.5. The first kappa shape index (κ1) is 14.6. The second-order valence-electron chi connectivity index (χ2n) is 5.22. The summed E-state index contributed by atoms with van der Waals surface area (Å²) in [4.78, 5) is 9.40. The van der Waals surface area contributed by atoms with E-state index >= 15 is 0 Å². The summed E-state index contributed by atoms with van der Waals surface area (Å²) in [6.07, 6.45) is 1.00. The summed E-state index contributed by atoms with van der Waals surface area (Å²) in [5, 5.41) is 6.75. The first-order valence-corrected chi connectivity index (χ1v) is 7.23. The van der Waals surface area contributed by atoms with Crippen molar-refractivity contribution >= 4 is 5.96 Å². The lowest BCUT2D eigenvalue weighted by molar-refractivity contribution is 0.0154. The van der Waals surface area contributed by atoms with Crippen molar-refractivity contribution in [3.63, 3.8) is 0 Å². The number of rotatable bonds is 6. The largest absolute Gasteiger partial charge is 0.385 e. The van der Waals surface area contributed by atoms with Gasteiger partial charge in [-0.15, -0.1) is 0 Å². The van der Waals surface area contributed by atoms with Crippen molar-refractivity contribution < 1.29 is 4.74 Å². The fourth-order valence-corrected chi connectivity index (χ4v) is 2.78. The molecule has 0 spiro atoms. The molecule has 0 aromatic heterocycles. The summed E-state index contributed by atoms with van der Waals surface area (Å²) in [7, 11) is 3.55.